The maximum absolute atomic E-state index is 12.1. The van der Waals surface area contributed by atoms with Crippen molar-refractivity contribution in [3.8, 4) is 11.6 Å². The van der Waals surface area contributed by atoms with Crippen molar-refractivity contribution in [2.45, 2.75) is 0 Å². The summed E-state index contributed by atoms with van der Waals surface area (Å²) in [6, 6.07) is 32.1. The Morgan fingerprint density at radius 2 is 1.38 bits per heavy atom. The SMILES string of the molecule is O=[N+]([O-])c1c(NN(c2ccccc2)c2ccccc2)ncnc1Oc1ccc2ccccc2c1. The van der Waals surface area contributed by atoms with Gasteiger partial charge in [0.15, 0.2) is 0 Å². The van der Waals surface area contributed by atoms with Crippen LogP contribution in [0.1, 0.15) is 0 Å². The number of para-hydroxylation sites is 2. The highest BCUT2D eigenvalue weighted by Gasteiger charge is 2.27. The molecule has 0 atom stereocenters. The average molecular weight is 449 g/mol. The lowest BCUT2D eigenvalue weighted by atomic mass is 10.1. The Labute approximate surface area is 195 Å². The first-order valence-electron chi connectivity index (χ1n) is 10.5. The van der Waals surface area contributed by atoms with Gasteiger partial charge in [-0.15, -0.1) is 0 Å². The molecule has 0 aliphatic heterocycles. The molecule has 5 aromatic rings. The minimum absolute atomic E-state index is 0.00324. The van der Waals surface area contributed by atoms with Gasteiger partial charge in [-0.05, 0) is 47.2 Å². The molecule has 8 heteroatoms. The summed E-state index contributed by atoms with van der Waals surface area (Å²) in [7, 11) is 0. The van der Waals surface area contributed by atoms with Crippen LogP contribution < -0.4 is 15.2 Å². The van der Waals surface area contributed by atoms with Gasteiger partial charge in [0.2, 0.25) is 5.82 Å². The van der Waals surface area contributed by atoms with E-state index >= 15 is 0 Å². The highest BCUT2D eigenvalue weighted by Crippen LogP contribution is 2.36. The number of ether oxygens (including phenoxy) is 1. The number of hydrazine groups is 1. The van der Waals surface area contributed by atoms with Crippen LogP contribution in [0.5, 0.6) is 11.6 Å². The minimum Gasteiger partial charge on any atom is -0.434 e. The van der Waals surface area contributed by atoms with Crippen molar-refractivity contribution in [3.63, 3.8) is 0 Å². The van der Waals surface area contributed by atoms with Gasteiger partial charge < -0.3 is 4.74 Å². The number of hydrogen-bond donors (Lipinski definition) is 1. The second kappa shape index (κ2) is 9.25. The summed E-state index contributed by atoms with van der Waals surface area (Å²) >= 11 is 0. The van der Waals surface area contributed by atoms with Crippen LogP contribution >= 0.6 is 0 Å². The van der Waals surface area contributed by atoms with E-state index in [-0.39, 0.29) is 17.4 Å². The summed E-state index contributed by atoms with van der Waals surface area (Å²) < 4.78 is 5.86. The van der Waals surface area contributed by atoms with Crippen molar-refractivity contribution < 1.29 is 9.66 Å². The first-order chi connectivity index (χ1) is 16.7. The molecule has 0 fully saturated rings. The Kier molecular flexibility index (Phi) is 5.69. The number of aromatic nitrogens is 2. The van der Waals surface area contributed by atoms with E-state index in [2.05, 4.69) is 15.4 Å². The van der Waals surface area contributed by atoms with Crippen LogP contribution in [-0.4, -0.2) is 14.9 Å². The van der Waals surface area contributed by atoms with Gasteiger partial charge in [-0.2, -0.15) is 4.98 Å². The van der Waals surface area contributed by atoms with Gasteiger partial charge >= 0.3 is 11.6 Å². The summed E-state index contributed by atoms with van der Waals surface area (Å²) in [4.78, 5) is 19.8. The van der Waals surface area contributed by atoms with Crippen molar-refractivity contribution in [2.75, 3.05) is 10.4 Å². The molecule has 0 radical (unpaired) electrons. The van der Waals surface area contributed by atoms with Gasteiger partial charge in [-0.1, -0.05) is 66.7 Å². The molecule has 0 saturated heterocycles. The van der Waals surface area contributed by atoms with E-state index in [4.69, 9.17) is 4.74 Å². The number of rotatable bonds is 7. The zero-order chi connectivity index (χ0) is 23.3. The van der Waals surface area contributed by atoms with E-state index in [1.807, 2.05) is 97.1 Å². The second-order valence-corrected chi connectivity index (χ2v) is 7.36. The predicted octanol–water partition coefficient (Wildman–Crippen LogP) is 6.50. The van der Waals surface area contributed by atoms with Crippen LogP contribution in [0, 0.1) is 10.1 Å². The number of nitrogens with one attached hydrogen (secondary N) is 1. The van der Waals surface area contributed by atoms with E-state index in [9.17, 15) is 10.1 Å². The number of fused-ring (bicyclic) bond motifs is 1. The molecule has 1 aromatic heterocycles. The van der Waals surface area contributed by atoms with Crippen molar-refractivity contribution in [1.29, 1.82) is 0 Å². The molecular formula is C26H19N5O3. The third-order valence-corrected chi connectivity index (χ3v) is 5.15. The second-order valence-electron chi connectivity index (χ2n) is 7.36. The normalized spacial score (nSPS) is 10.6. The largest absolute Gasteiger partial charge is 0.434 e. The average Bonchev–Trinajstić information content (AvgIpc) is 2.88. The van der Waals surface area contributed by atoms with Crippen LogP contribution in [-0.2, 0) is 0 Å². The molecule has 8 nitrogen and oxygen atoms in total. The fourth-order valence-electron chi connectivity index (χ4n) is 3.56. The Bertz CT molecular complexity index is 1410. The summed E-state index contributed by atoms with van der Waals surface area (Å²) in [5.74, 6) is 0.289. The van der Waals surface area contributed by atoms with Gasteiger partial charge in [0.05, 0.1) is 16.3 Å². The summed E-state index contributed by atoms with van der Waals surface area (Å²) in [6.45, 7) is 0. The monoisotopic (exact) mass is 449 g/mol. The van der Waals surface area contributed by atoms with Crippen molar-refractivity contribution in [2.24, 2.45) is 0 Å². The highest BCUT2D eigenvalue weighted by atomic mass is 16.6. The lowest BCUT2D eigenvalue weighted by Crippen LogP contribution is -2.25. The Morgan fingerprint density at radius 3 is 2.03 bits per heavy atom. The first kappa shape index (κ1) is 20.9. The molecule has 34 heavy (non-hydrogen) atoms. The quantitative estimate of drug-likeness (QED) is 0.224. The van der Waals surface area contributed by atoms with Crippen LogP contribution in [0.3, 0.4) is 0 Å². The van der Waals surface area contributed by atoms with Crippen LogP contribution in [0.4, 0.5) is 22.9 Å². The molecule has 0 bridgehead atoms. The maximum atomic E-state index is 12.1. The predicted molar refractivity (Wildman–Crippen MR) is 131 cm³/mol. The van der Waals surface area contributed by atoms with Gasteiger partial charge in [0.1, 0.15) is 12.1 Å². The number of anilines is 3. The summed E-state index contributed by atoms with van der Waals surface area (Å²) in [5, 5.41) is 15.8. The standard InChI is InChI=1S/C26H19N5O3/c32-31(33)24-25(29-30(21-11-3-1-4-12-21)22-13-5-2-6-14-22)27-18-28-26(24)34-23-16-15-19-9-7-8-10-20(19)17-23/h1-18H,(H,27,28,29). The highest BCUT2D eigenvalue weighted by molar-refractivity contribution is 5.84. The molecule has 5 rings (SSSR count). The zero-order valence-electron chi connectivity index (χ0n) is 17.9. The fraction of sp³-hybridized carbons (Fsp3) is 0. The number of benzene rings is 4. The van der Waals surface area contributed by atoms with Gasteiger partial charge in [-0.25, -0.2) is 4.98 Å². The summed E-state index contributed by atoms with van der Waals surface area (Å²) in [6.07, 6.45) is 1.24. The van der Waals surface area contributed by atoms with Gasteiger partial charge in [-0.3, -0.25) is 20.5 Å². The lowest BCUT2D eigenvalue weighted by molar-refractivity contribution is -0.385. The molecule has 0 spiro atoms. The molecule has 0 aliphatic carbocycles. The topological polar surface area (TPSA) is 93.4 Å². The number of nitro groups is 1. The molecule has 4 aromatic carbocycles. The maximum Gasteiger partial charge on any atom is 0.374 e. The van der Waals surface area contributed by atoms with Crippen LogP contribution in [0.15, 0.2) is 109 Å². The van der Waals surface area contributed by atoms with Gasteiger partial charge in [0, 0.05) is 0 Å². The van der Waals surface area contributed by atoms with Gasteiger partial charge in [0.25, 0.3) is 0 Å². The molecule has 0 unspecified atom stereocenters. The fourth-order valence-corrected chi connectivity index (χ4v) is 3.56. The van der Waals surface area contributed by atoms with E-state index < -0.39 is 4.92 Å². The molecule has 0 aliphatic rings. The molecule has 0 amide bonds. The Hall–Kier alpha value is -4.98. The molecule has 0 saturated carbocycles. The van der Waals surface area contributed by atoms with E-state index in [1.165, 1.54) is 6.33 Å². The first-order valence-corrected chi connectivity index (χ1v) is 10.5. The third-order valence-electron chi connectivity index (χ3n) is 5.15. The zero-order valence-corrected chi connectivity index (χ0v) is 17.9. The molecule has 1 N–H and O–H groups in total. The minimum atomic E-state index is -0.549. The van der Waals surface area contributed by atoms with E-state index in [1.54, 1.807) is 11.1 Å². The van der Waals surface area contributed by atoms with Crippen molar-refractivity contribution in [1.82, 2.24) is 9.97 Å². The number of nitrogens with zero attached hydrogens (tertiary/aromatic N) is 4. The number of hydrogen-bond acceptors (Lipinski definition) is 7. The van der Waals surface area contributed by atoms with E-state index in [0.717, 1.165) is 22.1 Å². The van der Waals surface area contributed by atoms with Crippen LogP contribution in [0.2, 0.25) is 0 Å². The Balaban J connectivity index is 1.53. The van der Waals surface area contributed by atoms with Crippen molar-refractivity contribution >= 4 is 33.7 Å². The third kappa shape index (κ3) is 4.33. The molecule has 166 valence electrons. The Morgan fingerprint density at radius 1 is 0.765 bits per heavy atom. The van der Waals surface area contributed by atoms with Crippen molar-refractivity contribution in [3.05, 3.63) is 120 Å². The smallest absolute Gasteiger partial charge is 0.374 e. The molecular weight excluding hydrogens is 430 g/mol. The lowest BCUT2D eigenvalue weighted by Gasteiger charge is -2.25. The van der Waals surface area contributed by atoms with E-state index in [0.29, 0.717) is 5.75 Å². The summed E-state index contributed by atoms with van der Waals surface area (Å²) in [5.41, 5.74) is 4.26. The van der Waals surface area contributed by atoms with Crippen LogP contribution in [0.25, 0.3) is 10.8 Å². The molecule has 1 heterocycles.